The molecule has 0 bridgehead atoms. The fourth-order valence-electron chi connectivity index (χ4n) is 1.99. The summed E-state index contributed by atoms with van der Waals surface area (Å²) in [5.41, 5.74) is 7.04. The average molecular weight is 341 g/mol. The van der Waals surface area contributed by atoms with Gasteiger partial charge < -0.3 is 0 Å². The Bertz CT molecular complexity index is 876. The number of pyridine rings is 1. The summed E-state index contributed by atoms with van der Waals surface area (Å²) in [6.07, 6.45) is 1.83. The zero-order chi connectivity index (χ0) is 16.9. The third-order valence-corrected chi connectivity index (χ3v) is 4.19. The van der Waals surface area contributed by atoms with Crippen LogP contribution >= 0.6 is 11.8 Å². The minimum atomic E-state index is -0.360. The first-order valence-corrected chi connectivity index (χ1v) is 8.20. The summed E-state index contributed by atoms with van der Waals surface area (Å²) >= 11 is 1.24. The van der Waals surface area contributed by atoms with Crippen LogP contribution in [0.4, 0.5) is 0 Å². The minimum absolute atomic E-state index is 0.115. The number of aromatic nitrogens is 3. The average Bonchev–Trinajstić information content (AvgIpc) is 3.01. The summed E-state index contributed by atoms with van der Waals surface area (Å²) < 4.78 is 1.79. The van der Waals surface area contributed by atoms with Gasteiger partial charge in [-0.2, -0.15) is 0 Å². The van der Waals surface area contributed by atoms with Gasteiger partial charge in [-0.3, -0.25) is 24.8 Å². The molecule has 2 amide bonds. The number of aryl methyl sites for hydroxylation is 1. The maximum Gasteiger partial charge on any atom is 0.269 e. The number of hydrogen-bond acceptors (Lipinski definition) is 5. The SMILES string of the molecule is Cc1ccc(C(=O)NNC(=O)CSc2nnc3ccccn23)cc1. The Balaban J connectivity index is 1.51. The molecule has 1 aromatic carbocycles. The van der Waals surface area contributed by atoms with Gasteiger partial charge in [-0.25, -0.2) is 0 Å². The van der Waals surface area contributed by atoms with E-state index in [2.05, 4.69) is 21.0 Å². The van der Waals surface area contributed by atoms with Crippen LogP contribution in [0.15, 0.2) is 53.8 Å². The molecule has 0 spiro atoms. The molecule has 0 atom stereocenters. The third-order valence-electron chi connectivity index (χ3n) is 3.24. The standard InChI is InChI=1S/C16H15N5O2S/c1-11-5-7-12(8-6-11)15(23)19-18-14(22)10-24-16-20-17-13-4-2-3-9-21(13)16/h2-9H,10H2,1H3,(H,18,22)(H,19,23). The van der Waals surface area contributed by atoms with Crippen molar-refractivity contribution >= 4 is 29.2 Å². The van der Waals surface area contributed by atoms with Crippen molar-refractivity contribution in [3.8, 4) is 0 Å². The van der Waals surface area contributed by atoms with Gasteiger partial charge in [-0.15, -0.1) is 10.2 Å². The minimum Gasteiger partial charge on any atom is -0.277 e. The number of benzene rings is 1. The molecule has 122 valence electrons. The summed E-state index contributed by atoms with van der Waals surface area (Å²) in [4.78, 5) is 23.8. The van der Waals surface area contributed by atoms with Gasteiger partial charge in [0.15, 0.2) is 10.8 Å². The van der Waals surface area contributed by atoms with E-state index < -0.39 is 0 Å². The lowest BCUT2D eigenvalue weighted by Crippen LogP contribution is -2.42. The maximum absolute atomic E-state index is 11.9. The van der Waals surface area contributed by atoms with Crippen molar-refractivity contribution in [1.82, 2.24) is 25.4 Å². The predicted octanol–water partition coefficient (Wildman–Crippen LogP) is 1.59. The van der Waals surface area contributed by atoms with E-state index in [0.717, 1.165) is 5.56 Å². The van der Waals surface area contributed by atoms with Crippen LogP contribution in [0.3, 0.4) is 0 Å². The lowest BCUT2D eigenvalue weighted by atomic mass is 10.1. The highest BCUT2D eigenvalue weighted by atomic mass is 32.2. The van der Waals surface area contributed by atoms with Gasteiger partial charge >= 0.3 is 0 Å². The number of hydrogen-bond donors (Lipinski definition) is 2. The zero-order valence-corrected chi connectivity index (χ0v) is 13.7. The summed E-state index contributed by atoms with van der Waals surface area (Å²) in [5, 5.41) is 8.65. The molecule has 3 rings (SSSR count). The highest BCUT2D eigenvalue weighted by molar-refractivity contribution is 7.99. The van der Waals surface area contributed by atoms with E-state index in [4.69, 9.17) is 0 Å². The lowest BCUT2D eigenvalue weighted by Gasteiger charge is -2.07. The van der Waals surface area contributed by atoms with Crippen LogP contribution in [0, 0.1) is 6.92 Å². The molecule has 2 aromatic heterocycles. The molecule has 0 fully saturated rings. The number of hydrazine groups is 1. The maximum atomic E-state index is 11.9. The molecule has 3 aromatic rings. The normalized spacial score (nSPS) is 10.5. The van der Waals surface area contributed by atoms with Gasteiger partial charge in [0.2, 0.25) is 5.91 Å². The summed E-state index contributed by atoms with van der Waals surface area (Å²) in [6.45, 7) is 1.94. The summed E-state index contributed by atoms with van der Waals surface area (Å²) in [6, 6.07) is 12.6. The first-order chi connectivity index (χ1) is 11.6. The van der Waals surface area contributed by atoms with Crippen LogP contribution in [0.5, 0.6) is 0 Å². The fourth-order valence-corrected chi connectivity index (χ4v) is 2.71. The van der Waals surface area contributed by atoms with E-state index in [0.29, 0.717) is 16.4 Å². The second-order valence-corrected chi connectivity index (χ2v) is 6.01. The van der Waals surface area contributed by atoms with Gasteiger partial charge in [-0.1, -0.05) is 35.5 Å². The Kier molecular flexibility index (Phi) is 4.76. The zero-order valence-electron chi connectivity index (χ0n) is 12.9. The second-order valence-electron chi connectivity index (χ2n) is 5.07. The van der Waals surface area contributed by atoms with Gasteiger partial charge in [0.1, 0.15) is 0 Å². The molecule has 0 aliphatic heterocycles. The molecule has 7 nitrogen and oxygen atoms in total. The lowest BCUT2D eigenvalue weighted by molar-refractivity contribution is -0.119. The quantitative estimate of drug-likeness (QED) is 0.556. The van der Waals surface area contributed by atoms with Crippen molar-refractivity contribution in [2.45, 2.75) is 12.1 Å². The molecule has 2 N–H and O–H groups in total. The number of carbonyl (C=O) groups is 2. The molecular formula is C16H15N5O2S. The van der Waals surface area contributed by atoms with E-state index in [1.165, 1.54) is 11.8 Å². The van der Waals surface area contributed by atoms with Crippen LogP contribution < -0.4 is 10.9 Å². The topological polar surface area (TPSA) is 88.4 Å². The van der Waals surface area contributed by atoms with E-state index in [1.807, 2.05) is 43.5 Å². The molecule has 2 heterocycles. The van der Waals surface area contributed by atoms with Crippen molar-refractivity contribution in [1.29, 1.82) is 0 Å². The monoisotopic (exact) mass is 341 g/mol. The van der Waals surface area contributed by atoms with Crippen LogP contribution in [-0.2, 0) is 4.79 Å². The molecule has 0 aliphatic rings. The van der Waals surface area contributed by atoms with Crippen LogP contribution in [0.25, 0.3) is 5.65 Å². The molecule has 8 heteroatoms. The van der Waals surface area contributed by atoms with Crippen LogP contribution in [-0.4, -0.2) is 32.2 Å². The molecule has 24 heavy (non-hydrogen) atoms. The summed E-state index contributed by atoms with van der Waals surface area (Å²) in [7, 11) is 0. The van der Waals surface area contributed by atoms with Gasteiger partial charge in [0.05, 0.1) is 5.75 Å². The summed E-state index contributed by atoms with van der Waals surface area (Å²) in [5.74, 6) is -0.571. The van der Waals surface area contributed by atoms with Gasteiger partial charge in [0, 0.05) is 11.8 Å². The van der Waals surface area contributed by atoms with Crippen LogP contribution in [0.2, 0.25) is 0 Å². The Labute approximate surface area is 142 Å². The molecular weight excluding hydrogens is 326 g/mol. The van der Waals surface area contributed by atoms with Crippen molar-refractivity contribution < 1.29 is 9.59 Å². The number of rotatable bonds is 4. The molecule has 0 radical (unpaired) electrons. The molecule has 0 unspecified atom stereocenters. The Morgan fingerprint density at radius 3 is 2.67 bits per heavy atom. The number of nitrogens with zero attached hydrogens (tertiary/aromatic N) is 3. The Hall–Kier alpha value is -2.87. The van der Waals surface area contributed by atoms with Crippen molar-refractivity contribution in [2.24, 2.45) is 0 Å². The van der Waals surface area contributed by atoms with Crippen molar-refractivity contribution in [3.05, 3.63) is 59.8 Å². The number of amides is 2. The largest absolute Gasteiger partial charge is 0.277 e. The molecule has 0 saturated carbocycles. The number of fused-ring (bicyclic) bond motifs is 1. The predicted molar refractivity (Wildman–Crippen MR) is 90.5 cm³/mol. The second kappa shape index (κ2) is 7.14. The third kappa shape index (κ3) is 3.72. The van der Waals surface area contributed by atoms with Gasteiger partial charge in [0.25, 0.3) is 5.91 Å². The first kappa shape index (κ1) is 16.0. The molecule has 0 aliphatic carbocycles. The van der Waals surface area contributed by atoms with Crippen molar-refractivity contribution in [3.63, 3.8) is 0 Å². The number of nitrogens with one attached hydrogen (secondary N) is 2. The number of carbonyl (C=O) groups excluding carboxylic acids is 2. The van der Waals surface area contributed by atoms with Crippen LogP contribution in [0.1, 0.15) is 15.9 Å². The van der Waals surface area contributed by atoms with Crippen molar-refractivity contribution in [2.75, 3.05) is 5.75 Å². The van der Waals surface area contributed by atoms with Gasteiger partial charge in [-0.05, 0) is 31.2 Å². The van der Waals surface area contributed by atoms with E-state index >= 15 is 0 Å². The van der Waals surface area contributed by atoms with E-state index in [1.54, 1.807) is 16.5 Å². The fraction of sp³-hybridized carbons (Fsp3) is 0.125. The Morgan fingerprint density at radius 2 is 1.88 bits per heavy atom. The smallest absolute Gasteiger partial charge is 0.269 e. The van der Waals surface area contributed by atoms with E-state index in [9.17, 15) is 9.59 Å². The first-order valence-electron chi connectivity index (χ1n) is 7.22. The highest BCUT2D eigenvalue weighted by Gasteiger charge is 2.10. The molecule has 0 saturated heterocycles. The Morgan fingerprint density at radius 1 is 1.08 bits per heavy atom. The van der Waals surface area contributed by atoms with E-state index in [-0.39, 0.29) is 17.6 Å². The number of thioether (sulfide) groups is 1. The highest BCUT2D eigenvalue weighted by Crippen LogP contribution is 2.15.